The van der Waals surface area contributed by atoms with Crippen LogP contribution in [0.5, 0.6) is 0 Å². The maximum absolute atomic E-state index is 6.41. The van der Waals surface area contributed by atoms with E-state index in [4.69, 9.17) is 14.0 Å². The molecule has 0 amide bonds. The third-order valence-corrected chi connectivity index (χ3v) is 5.57. The van der Waals surface area contributed by atoms with E-state index in [2.05, 4.69) is 76.2 Å². The second kappa shape index (κ2) is 8.01. The molecular formula is C23H29BO3. The van der Waals surface area contributed by atoms with E-state index in [-0.39, 0.29) is 11.2 Å². The van der Waals surface area contributed by atoms with Crippen LogP contribution in [0.15, 0.2) is 66.1 Å². The number of benzene rings is 2. The Morgan fingerprint density at radius 3 is 1.89 bits per heavy atom. The first-order valence-electron chi connectivity index (χ1n) is 9.50. The Morgan fingerprint density at radius 2 is 1.37 bits per heavy atom. The summed E-state index contributed by atoms with van der Waals surface area (Å²) in [6, 6.07) is 20.8. The zero-order chi connectivity index (χ0) is 19.5. The highest BCUT2D eigenvalue weighted by atomic mass is 16.7. The van der Waals surface area contributed by atoms with Crippen molar-refractivity contribution in [1.82, 2.24) is 0 Å². The summed E-state index contributed by atoms with van der Waals surface area (Å²) in [5, 5.41) is 0. The zero-order valence-electron chi connectivity index (χ0n) is 17.0. The Balaban J connectivity index is 2.09. The largest absolute Gasteiger partial charge is 0.491 e. The number of rotatable bonds is 6. The smallest absolute Gasteiger partial charge is 0.400 e. The Labute approximate surface area is 163 Å². The molecule has 0 aromatic heterocycles. The fourth-order valence-corrected chi connectivity index (χ4v) is 3.28. The third-order valence-electron chi connectivity index (χ3n) is 5.57. The van der Waals surface area contributed by atoms with Crippen LogP contribution in [0.25, 0.3) is 5.57 Å². The Kier molecular flexibility index (Phi) is 5.90. The number of hydrogen-bond donors (Lipinski definition) is 0. The highest BCUT2D eigenvalue weighted by Crippen LogP contribution is 2.40. The predicted octanol–water partition coefficient (Wildman–Crippen LogP) is 4.96. The molecule has 27 heavy (non-hydrogen) atoms. The summed E-state index contributed by atoms with van der Waals surface area (Å²) < 4.78 is 18.4. The quantitative estimate of drug-likeness (QED) is 0.678. The molecule has 0 bridgehead atoms. The van der Waals surface area contributed by atoms with Gasteiger partial charge in [-0.1, -0.05) is 60.7 Å². The molecule has 1 saturated heterocycles. The third kappa shape index (κ3) is 4.35. The fraction of sp³-hybridized carbons (Fsp3) is 0.391. The monoisotopic (exact) mass is 364 g/mol. The molecule has 0 saturated carbocycles. The van der Waals surface area contributed by atoms with Crippen LogP contribution < -0.4 is 0 Å². The fourth-order valence-electron chi connectivity index (χ4n) is 3.28. The molecule has 142 valence electrons. The van der Waals surface area contributed by atoms with Crippen LogP contribution >= 0.6 is 0 Å². The van der Waals surface area contributed by atoms with E-state index < -0.39 is 7.12 Å². The van der Waals surface area contributed by atoms with E-state index in [9.17, 15) is 0 Å². The summed E-state index contributed by atoms with van der Waals surface area (Å²) in [5.41, 5.74) is 3.85. The van der Waals surface area contributed by atoms with Crippen LogP contribution in [-0.2, 0) is 20.5 Å². The van der Waals surface area contributed by atoms with Gasteiger partial charge >= 0.3 is 7.12 Å². The number of hydrogen-bond acceptors (Lipinski definition) is 3. The van der Waals surface area contributed by atoms with Crippen molar-refractivity contribution in [2.75, 3.05) is 13.7 Å². The molecule has 0 atom stereocenters. The summed E-state index contributed by atoms with van der Waals surface area (Å²) >= 11 is 0. The SMILES string of the molecule is COC/C(=C(/Cc1ccccc1)B1OC(C)(C)C(C)(C)O1)c1ccccc1. The highest BCUT2D eigenvalue weighted by molar-refractivity contribution is 6.56. The lowest BCUT2D eigenvalue weighted by Crippen LogP contribution is -2.41. The van der Waals surface area contributed by atoms with Crippen LogP contribution in [0, 0.1) is 0 Å². The van der Waals surface area contributed by atoms with E-state index in [0.717, 1.165) is 23.0 Å². The van der Waals surface area contributed by atoms with Crippen LogP contribution in [0.1, 0.15) is 38.8 Å². The van der Waals surface area contributed by atoms with Crippen molar-refractivity contribution in [2.45, 2.75) is 45.3 Å². The van der Waals surface area contributed by atoms with Gasteiger partial charge in [-0.25, -0.2) is 0 Å². The second-order valence-corrected chi connectivity index (χ2v) is 8.05. The molecule has 0 N–H and O–H groups in total. The van der Waals surface area contributed by atoms with Crippen molar-refractivity contribution in [1.29, 1.82) is 0 Å². The van der Waals surface area contributed by atoms with Gasteiger partial charge in [0.1, 0.15) is 0 Å². The average Bonchev–Trinajstić information content (AvgIpc) is 2.87. The minimum absolute atomic E-state index is 0.380. The van der Waals surface area contributed by atoms with Gasteiger partial charge in [0.2, 0.25) is 0 Å². The van der Waals surface area contributed by atoms with Gasteiger partial charge in [0, 0.05) is 7.11 Å². The van der Waals surface area contributed by atoms with Gasteiger partial charge in [0.25, 0.3) is 0 Å². The van der Waals surface area contributed by atoms with Crippen LogP contribution in [0.3, 0.4) is 0 Å². The van der Waals surface area contributed by atoms with Crippen molar-refractivity contribution in [3.63, 3.8) is 0 Å². The van der Waals surface area contributed by atoms with E-state index in [1.54, 1.807) is 7.11 Å². The Hall–Kier alpha value is -1.88. The van der Waals surface area contributed by atoms with Crippen molar-refractivity contribution < 1.29 is 14.0 Å². The molecule has 4 heteroatoms. The maximum atomic E-state index is 6.41. The van der Waals surface area contributed by atoms with Crippen LogP contribution in [-0.4, -0.2) is 32.0 Å². The first-order chi connectivity index (χ1) is 12.8. The number of ether oxygens (including phenoxy) is 1. The normalized spacial score (nSPS) is 19.1. The van der Waals surface area contributed by atoms with Gasteiger partial charge in [0.15, 0.2) is 0 Å². The minimum Gasteiger partial charge on any atom is -0.400 e. The summed E-state index contributed by atoms with van der Waals surface area (Å²) in [4.78, 5) is 0. The first kappa shape index (κ1) is 19.9. The van der Waals surface area contributed by atoms with Crippen LogP contribution in [0.2, 0.25) is 0 Å². The lowest BCUT2D eigenvalue weighted by atomic mass is 9.71. The minimum atomic E-state index is -0.402. The summed E-state index contributed by atoms with van der Waals surface area (Å²) in [7, 11) is 1.33. The molecule has 2 aromatic carbocycles. The maximum Gasteiger partial charge on any atom is 0.491 e. The molecular weight excluding hydrogens is 335 g/mol. The molecule has 1 fully saturated rings. The standard InChI is InChI=1S/C23H29BO3/c1-22(2)23(3,4)27-24(26-22)21(16-18-12-8-6-9-13-18)20(17-25-5)19-14-10-7-11-15-19/h6-15H,16-17H2,1-5H3/b21-20+. The lowest BCUT2D eigenvalue weighted by Gasteiger charge is -2.32. The number of allylic oxidation sites excluding steroid dienone is 1. The molecule has 1 aliphatic heterocycles. The van der Waals surface area contributed by atoms with Gasteiger partial charge in [-0.2, -0.15) is 0 Å². The average molecular weight is 364 g/mol. The zero-order valence-corrected chi connectivity index (χ0v) is 17.0. The molecule has 0 aliphatic carbocycles. The second-order valence-electron chi connectivity index (χ2n) is 8.05. The first-order valence-corrected chi connectivity index (χ1v) is 9.50. The molecule has 0 spiro atoms. The molecule has 3 rings (SSSR count). The molecule has 1 aliphatic rings. The van der Waals surface area contributed by atoms with Gasteiger partial charge in [-0.05, 0) is 56.3 Å². The summed E-state index contributed by atoms with van der Waals surface area (Å²) in [6.07, 6.45) is 0.755. The Morgan fingerprint density at radius 1 is 0.852 bits per heavy atom. The lowest BCUT2D eigenvalue weighted by molar-refractivity contribution is 0.00578. The van der Waals surface area contributed by atoms with E-state index in [0.29, 0.717) is 6.61 Å². The summed E-state index contributed by atoms with van der Waals surface area (Å²) in [5.74, 6) is 0. The molecule has 2 aromatic rings. The van der Waals surface area contributed by atoms with Gasteiger partial charge in [-0.15, -0.1) is 0 Å². The molecule has 0 unspecified atom stereocenters. The highest BCUT2D eigenvalue weighted by Gasteiger charge is 2.52. The topological polar surface area (TPSA) is 27.7 Å². The van der Waals surface area contributed by atoms with Crippen molar-refractivity contribution in [3.8, 4) is 0 Å². The van der Waals surface area contributed by atoms with E-state index in [1.807, 2.05) is 12.1 Å². The Bertz CT molecular complexity index is 766. The van der Waals surface area contributed by atoms with Gasteiger partial charge in [0.05, 0.1) is 17.8 Å². The van der Waals surface area contributed by atoms with Crippen LogP contribution in [0.4, 0.5) is 0 Å². The van der Waals surface area contributed by atoms with Crippen molar-refractivity contribution in [2.24, 2.45) is 0 Å². The van der Waals surface area contributed by atoms with Crippen molar-refractivity contribution >= 4 is 12.7 Å². The van der Waals surface area contributed by atoms with Crippen molar-refractivity contribution in [3.05, 3.63) is 77.3 Å². The summed E-state index contributed by atoms with van der Waals surface area (Å²) in [6.45, 7) is 8.87. The predicted molar refractivity (Wildman–Crippen MR) is 111 cm³/mol. The van der Waals surface area contributed by atoms with Gasteiger partial charge < -0.3 is 14.0 Å². The van der Waals surface area contributed by atoms with E-state index >= 15 is 0 Å². The number of methoxy groups -OCH3 is 1. The van der Waals surface area contributed by atoms with E-state index in [1.165, 1.54) is 5.56 Å². The molecule has 1 heterocycles. The molecule has 3 nitrogen and oxygen atoms in total. The molecule has 0 radical (unpaired) electrons. The van der Waals surface area contributed by atoms with Gasteiger partial charge in [-0.3, -0.25) is 0 Å².